The summed E-state index contributed by atoms with van der Waals surface area (Å²) in [4.78, 5) is 8.87. The Morgan fingerprint density at radius 3 is 3.00 bits per heavy atom. The summed E-state index contributed by atoms with van der Waals surface area (Å²) in [5, 5.41) is 6.54. The van der Waals surface area contributed by atoms with Crippen LogP contribution in [-0.2, 0) is 6.54 Å². The predicted molar refractivity (Wildman–Crippen MR) is 76.0 cm³/mol. The van der Waals surface area contributed by atoms with Gasteiger partial charge in [-0.2, -0.15) is 0 Å². The van der Waals surface area contributed by atoms with Crippen LogP contribution >= 0.6 is 11.3 Å². The van der Waals surface area contributed by atoms with E-state index in [2.05, 4.69) is 39.9 Å². The van der Waals surface area contributed by atoms with Crippen molar-refractivity contribution >= 4 is 17.3 Å². The molecular weight excluding hydrogens is 244 g/mol. The Morgan fingerprint density at radius 2 is 2.33 bits per heavy atom. The SMILES string of the molecule is CCCCn1cc(C)nc1NC(C)c1nccs1. The molecule has 4 nitrogen and oxygen atoms in total. The maximum absolute atomic E-state index is 4.54. The number of nitrogens with one attached hydrogen (secondary N) is 1. The van der Waals surface area contributed by atoms with E-state index in [-0.39, 0.29) is 6.04 Å². The molecule has 0 radical (unpaired) electrons. The van der Waals surface area contributed by atoms with Crippen LogP contribution in [0.2, 0.25) is 0 Å². The van der Waals surface area contributed by atoms with E-state index in [1.165, 1.54) is 12.8 Å². The summed E-state index contributed by atoms with van der Waals surface area (Å²) in [5.74, 6) is 0.948. The van der Waals surface area contributed by atoms with E-state index in [0.29, 0.717) is 0 Å². The minimum absolute atomic E-state index is 0.201. The largest absolute Gasteiger partial charge is 0.347 e. The minimum atomic E-state index is 0.201. The van der Waals surface area contributed by atoms with Crippen molar-refractivity contribution in [3.8, 4) is 0 Å². The van der Waals surface area contributed by atoms with Crippen molar-refractivity contribution < 1.29 is 0 Å². The lowest BCUT2D eigenvalue weighted by molar-refractivity contribution is 0.630. The van der Waals surface area contributed by atoms with Crippen molar-refractivity contribution in [3.63, 3.8) is 0 Å². The van der Waals surface area contributed by atoms with Gasteiger partial charge >= 0.3 is 0 Å². The number of imidazole rings is 1. The Morgan fingerprint density at radius 1 is 1.50 bits per heavy atom. The second-order valence-corrected chi connectivity index (χ2v) is 5.42. The van der Waals surface area contributed by atoms with Gasteiger partial charge in [0.15, 0.2) is 0 Å². The second kappa shape index (κ2) is 6.00. The lowest BCUT2D eigenvalue weighted by Gasteiger charge is -2.13. The van der Waals surface area contributed by atoms with Gasteiger partial charge in [0.2, 0.25) is 5.95 Å². The van der Waals surface area contributed by atoms with E-state index < -0.39 is 0 Å². The second-order valence-electron chi connectivity index (χ2n) is 4.49. The fourth-order valence-electron chi connectivity index (χ4n) is 1.86. The zero-order valence-electron chi connectivity index (χ0n) is 11.2. The summed E-state index contributed by atoms with van der Waals surface area (Å²) in [5.41, 5.74) is 1.06. The van der Waals surface area contributed by atoms with Crippen molar-refractivity contribution in [2.75, 3.05) is 5.32 Å². The standard InChI is InChI=1S/C13H20N4S/c1-4-5-7-17-9-10(2)15-13(17)16-11(3)12-14-6-8-18-12/h6,8-9,11H,4-5,7H2,1-3H3,(H,15,16). The predicted octanol–water partition coefficient (Wildman–Crippen LogP) is 3.62. The maximum Gasteiger partial charge on any atom is 0.203 e. The number of hydrogen-bond donors (Lipinski definition) is 1. The summed E-state index contributed by atoms with van der Waals surface area (Å²) in [7, 11) is 0. The molecule has 0 aliphatic heterocycles. The van der Waals surface area contributed by atoms with Gasteiger partial charge in [0.05, 0.1) is 11.7 Å². The number of unbranched alkanes of at least 4 members (excludes halogenated alkanes) is 1. The number of thiazole rings is 1. The molecule has 0 spiro atoms. The highest BCUT2D eigenvalue weighted by Gasteiger charge is 2.12. The van der Waals surface area contributed by atoms with Crippen LogP contribution in [0.4, 0.5) is 5.95 Å². The Kier molecular flexibility index (Phi) is 4.36. The van der Waals surface area contributed by atoms with E-state index in [1.807, 2.05) is 18.5 Å². The fraction of sp³-hybridized carbons (Fsp3) is 0.538. The van der Waals surface area contributed by atoms with Gasteiger partial charge in [0.25, 0.3) is 0 Å². The lowest BCUT2D eigenvalue weighted by Crippen LogP contribution is -2.11. The van der Waals surface area contributed by atoms with Gasteiger partial charge in [-0.25, -0.2) is 9.97 Å². The van der Waals surface area contributed by atoms with E-state index >= 15 is 0 Å². The van der Waals surface area contributed by atoms with Gasteiger partial charge in [0.1, 0.15) is 5.01 Å². The third kappa shape index (κ3) is 3.10. The van der Waals surface area contributed by atoms with Crippen molar-refractivity contribution in [1.82, 2.24) is 14.5 Å². The molecule has 0 fully saturated rings. The molecule has 0 aliphatic rings. The van der Waals surface area contributed by atoms with Crippen LogP contribution in [0.25, 0.3) is 0 Å². The topological polar surface area (TPSA) is 42.7 Å². The van der Waals surface area contributed by atoms with Gasteiger partial charge in [-0.05, 0) is 20.3 Å². The summed E-state index contributed by atoms with van der Waals surface area (Å²) in [6, 6.07) is 0.201. The molecular formula is C13H20N4S. The maximum atomic E-state index is 4.54. The molecule has 0 aromatic carbocycles. The molecule has 2 heterocycles. The molecule has 1 N–H and O–H groups in total. The molecule has 0 amide bonds. The highest BCUT2D eigenvalue weighted by molar-refractivity contribution is 7.09. The summed E-state index contributed by atoms with van der Waals surface area (Å²) in [6.45, 7) is 7.37. The molecule has 0 saturated carbocycles. The molecule has 1 unspecified atom stereocenters. The van der Waals surface area contributed by atoms with Gasteiger partial charge in [0, 0.05) is 24.3 Å². The van der Waals surface area contributed by atoms with Crippen LogP contribution in [0.1, 0.15) is 43.4 Å². The third-order valence-electron chi connectivity index (χ3n) is 2.82. The zero-order chi connectivity index (χ0) is 13.0. The van der Waals surface area contributed by atoms with Crippen LogP contribution in [0.5, 0.6) is 0 Å². The number of rotatable bonds is 6. The van der Waals surface area contributed by atoms with Crippen LogP contribution < -0.4 is 5.32 Å². The average molecular weight is 264 g/mol. The Bertz CT molecular complexity index is 475. The van der Waals surface area contributed by atoms with Gasteiger partial charge < -0.3 is 9.88 Å². The fourth-order valence-corrected chi connectivity index (χ4v) is 2.51. The van der Waals surface area contributed by atoms with E-state index in [1.54, 1.807) is 11.3 Å². The first-order valence-electron chi connectivity index (χ1n) is 6.40. The normalized spacial score (nSPS) is 12.6. The van der Waals surface area contributed by atoms with Crippen LogP contribution in [0, 0.1) is 6.92 Å². The molecule has 2 aromatic rings. The van der Waals surface area contributed by atoms with Crippen LogP contribution in [-0.4, -0.2) is 14.5 Å². The van der Waals surface area contributed by atoms with Crippen molar-refractivity contribution in [3.05, 3.63) is 28.5 Å². The van der Waals surface area contributed by atoms with Crippen LogP contribution in [0.15, 0.2) is 17.8 Å². The molecule has 5 heteroatoms. The van der Waals surface area contributed by atoms with E-state index in [9.17, 15) is 0 Å². The summed E-state index contributed by atoms with van der Waals surface area (Å²) < 4.78 is 2.20. The third-order valence-corrected chi connectivity index (χ3v) is 3.78. The number of anilines is 1. The average Bonchev–Trinajstić information content (AvgIpc) is 2.96. The van der Waals surface area contributed by atoms with Crippen molar-refractivity contribution in [2.24, 2.45) is 0 Å². The van der Waals surface area contributed by atoms with E-state index in [0.717, 1.165) is 23.2 Å². The minimum Gasteiger partial charge on any atom is -0.347 e. The Labute approximate surface area is 112 Å². The zero-order valence-corrected chi connectivity index (χ0v) is 12.0. The number of aromatic nitrogens is 3. The summed E-state index contributed by atoms with van der Waals surface area (Å²) >= 11 is 1.67. The Hall–Kier alpha value is -1.36. The first-order valence-corrected chi connectivity index (χ1v) is 7.28. The molecule has 0 bridgehead atoms. The molecule has 18 heavy (non-hydrogen) atoms. The van der Waals surface area contributed by atoms with Gasteiger partial charge in [-0.15, -0.1) is 11.3 Å². The molecule has 2 aromatic heterocycles. The number of nitrogens with zero attached hydrogens (tertiary/aromatic N) is 3. The number of hydrogen-bond acceptors (Lipinski definition) is 4. The molecule has 98 valence electrons. The number of aryl methyl sites for hydroxylation is 2. The summed E-state index contributed by atoms with van der Waals surface area (Å²) in [6.07, 6.45) is 6.31. The molecule has 1 atom stereocenters. The van der Waals surface area contributed by atoms with Gasteiger partial charge in [-0.1, -0.05) is 13.3 Å². The highest BCUT2D eigenvalue weighted by Crippen LogP contribution is 2.20. The smallest absolute Gasteiger partial charge is 0.203 e. The Balaban J connectivity index is 2.08. The van der Waals surface area contributed by atoms with Crippen molar-refractivity contribution in [2.45, 2.75) is 46.2 Å². The highest BCUT2D eigenvalue weighted by atomic mass is 32.1. The molecule has 0 saturated heterocycles. The van der Waals surface area contributed by atoms with Crippen molar-refractivity contribution in [1.29, 1.82) is 0 Å². The lowest BCUT2D eigenvalue weighted by atomic mass is 10.3. The molecule has 0 aliphatic carbocycles. The first kappa shape index (κ1) is 13.1. The monoisotopic (exact) mass is 264 g/mol. The molecule has 2 rings (SSSR count). The van der Waals surface area contributed by atoms with Gasteiger partial charge in [-0.3, -0.25) is 0 Å². The quantitative estimate of drug-likeness (QED) is 0.866. The van der Waals surface area contributed by atoms with Crippen LogP contribution in [0.3, 0.4) is 0 Å². The van der Waals surface area contributed by atoms with E-state index in [4.69, 9.17) is 0 Å². The first-order chi connectivity index (χ1) is 8.70.